The second kappa shape index (κ2) is 6.26. The van der Waals surface area contributed by atoms with Crippen molar-refractivity contribution in [2.75, 3.05) is 6.61 Å². The molecule has 4 heteroatoms. The average molecular weight is 292 g/mol. The maximum absolute atomic E-state index is 12.7. The molecule has 0 saturated heterocycles. The van der Waals surface area contributed by atoms with Crippen molar-refractivity contribution in [1.29, 1.82) is 0 Å². The van der Waals surface area contributed by atoms with E-state index < -0.39 is 0 Å². The highest BCUT2D eigenvalue weighted by atomic mass is 16.5. The van der Waals surface area contributed by atoms with Crippen LogP contribution in [0.15, 0.2) is 65.5 Å². The van der Waals surface area contributed by atoms with Crippen LogP contribution in [0.3, 0.4) is 0 Å². The molecule has 0 saturated carbocycles. The Bertz CT molecular complexity index is 811. The molecule has 0 fully saturated rings. The summed E-state index contributed by atoms with van der Waals surface area (Å²) in [4.78, 5) is 12.7. The van der Waals surface area contributed by atoms with Gasteiger partial charge in [-0.1, -0.05) is 60.7 Å². The van der Waals surface area contributed by atoms with E-state index in [1.165, 1.54) is 0 Å². The lowest BCUT2D eigenvalue weighted by atomic mass is 10.00. The molecule has 0 atom stereocenters. The van der Waals surface area contributed by atoms with Crippen molar-refractivity contribution in [3.05, 3.63) is 70.9 Å². The number of aromatic amines is 1. The van der Waals surface area contributed by atoms with Crippen molar-refractivity contribution in [3.8, 4) is 28.3 Å². The van der Waals surface area contributed by atoms with Gasteiger partial charge in [0.2, 0.25) is 0 Å². The summed E-state index contributed by atoms with van der Waals surface area (Å²) in [5.74, 6) is 0.0982. The molecule has 0 aliphatic rings. The van der Waals surface area contributed by atoms with Gasteiger partial charge in [0.1, 0.15) is 0 Å². The summed E-state index contributed by atoms with van der Waals surface area (Å²) in [5, 5.41) is 7.04. The van der Waals surface area contributed by atoms with Gasteiger partial charge in [-0.2, -0.15) is 0 Å². The molecule has 0 unspecified atom stereocenters. The summed E-state index contributed by atoms with van der Waals surface area (Å²) in [7, 11) is 0. The number of ether oxygens (including phenoxy) is 1. The molecule has 0 aliphatic carbocycles. The van der Waals surface area contributed by atoms with Crippen LogP contribution in [0.4, 0.5) is 0 Å². The molecule has 0 aliphatic heterocycles. The highest BCUT2D eigenvalue weighted by Crippen LogP contribution is 2.27. The van der Waals surface area contributed by atoms with E-state index in [0.717, 1.165) is 11.1 Å². The molecule has 0 spiro atoms. The number of hydrogen-bond donors (Lipinski definition) is 1. The molecule has 0 bridgehead atoms. The minimum absolute atomic E-state index is 0.0982. The maximum atomic E-state index is 12.7. The first kappa shape index (κ1) is 14.1. The van der Waals surface area contributed by atoms with Crippen molar-refractivity contribution in [3.63, 3.8) is 0 Å². The third kappa shape index (κ3) is 2.63. The molecule has 110 valence electrons. The standard InChI is InChI=1S/C18H16N2O2/c1-2-22-18-17(21)15(13-9-5-3-6-10-13)16(19-20-18)14-11-7-4-8-12-14/h3-12H,2H2,1H3,(H,19,21). The number of rotatable bonds is 4. The van der Waals surface area contributed by atoms with E-state index in [1.807, 2.05) is 67.6 Å². The minimum atomic E-state index is -0.203. The largest absolute Gasteiger partial charge is 0.474 e. The van der Waals surface area contributed by atoms with Gasteiger partial charge in [0, 0.05) is 5.56 Å². The number of H-pyrrole nitrogens is 1. The predicted octanol–water partition coefficient (Wildman–Crippen LogP) is 3.50. The molecular weight excluding hydrogens is 276 g/mol. The number of nitrogens with one attached hydrogen (secondary N) is 1. The lowest BCUT2D eigenvalue weighted by Crippen LogP contribution is -2.15. The quantitative estimate of drug-likeness (QED) is 0.800. The van der Waals surface area contributed by atoms with Crippen molar-refractivity contribution in [2.24, 2.45) is 0 Å². The first-order valence-corrected chi connectivity index (χ1v) is 7.17. The third-order valence-corrected chi connectivity index (χ3v) is 3.35. The normalized spacial score (nSPS) is 10.4. The van der Waals surface area contributed by atoms with Gasteiger partial charge in [-0.05, 0) is 12.5 Å². The summed E-state index contributed by atoms with van der Waals surface area (Å²) in [6, 6.07) is 19.2. The summed E-state index contributed by atoms with van der Waals surface area (Å²) in [5.41, 5.74) is 2.82. The lowest BCUT2D eigenvalue weighted by molar-refractivity contribution is 0.319. The Balaban J connectivity index is 2.27. The fourth-order valence-corrected chi connectivity index (χ4v) is 2.36. The first-order valence-electron chi connectivity index (χ1n) is 7.17. The lowest BCUT2D eigenvalue weighted by Gasteiger charge is -2.11. The van der Waals surface area contributed by atoms with Gasteiger partial charge >= 0.3 is 0 Å². The zero-order chi connectivity index (χ0) is 15.4. The van der Waals surface area contributed by atoms with E-state index in [4.69, 9.17) is 4.74 Å². The van der Waals surface area contributed by atoms with Gasteiger partial charge in [0.05, 0.1) is 17.9 Å². The van der Waals surface area contributed by atoms with E-state index in [2.05, 4.69) is 10.2 Å². The van der Waals surface area contributed by atoms with Crippen LogP contribution in [-0.4, -0.2) is 16.8 Å². The first-order chi connectivity index (χ1) is 10.8. The second-order valence-corrected chi connectivity index (χ2v) is 4.77. The molecule has 1 N–H and O–H groups in total. The highest BCUT2D eigenvalue weighted by Gasteiger charge is 2.16. The molecule has 3 rings (SSSR count). The maximum Gasteiger partial charge on any atom is 0.280 e. The molecule has 1 aromatic heterocycles. The third-order valence-electron chi connectivity index (χ3n) is 3.35. The summed E-state index contributed by atoms with van der Waals surface area (Å²) >= 11 is 0. The van der Waals surface area contributed by atoms with Gasteiger partial charge in [-0.15, -0.1) is 5.10 Å². The van der Waals surface area contributed by atoms with Crippen LogP contribution in [0.25, 0.3) is 22.4 Å². The van der Waals surface area contributed by atoms with Crippen molar-refractivity contribution in [1.82, 2.24) is 10.2 Å². The number of benzene rings is 2. The second-order valence-electron chi connectivity index (χ2n) is 4.77. The van der Waals surface area contributed by atoms with E-state index in [0.29, 0.717) is 17.9 Å². The monoisotopic (exact) mass is 292 g/mol. The zero-order valence-corrected chi connectivity index (χ0v) is 12.2. The van der Waals surface area contributed by atoms with Gasteiger partial charge in [0.25, 0.3) is 11.3 Å². The van der Waals surface area contributed by atoms with Crippen LogP contribution in [0.2, 0.25) is 0 Å². The van der Waals surface area contributed by atoms with Crippen LogP contribution in [0.1, 0.15) is 6.92 Å². The fraction of sp³-hybridized carbons (Fsp3) is 0.111. The molecular formula is C18H16N2O2. The smallest absolute Gasteiger partial charge is 0.280 e. The molecule has 3 aromatic rings. The van der Waals surface area contributed by atoms with Crippen LogP contribution in [0.5, 0.6) is 5.88 Å². The number of aromatic nitrogens is 2. The van der Waals surface area contributed by atoms with Crippen LogP contribution >= 0.6 is 0 Å². The summed E-state index contributed by atoms with van der Waals surface area (Å²) in [6.07, 6.45) is 0. The van der Waals surface area contributed by atoms with Gasteiger partial charge in [-0.3, -0.25) is 9.89 Å². The number of nitrogens with zero attached hydrogens (tertiary/aromatic N) is 1. The van der Waals surface area contributed by atoms with Gasteiger partial charge < -0.3 is 4.74 Å². The molecule has 22 heavy (non-hydrogen) atoms. The Morgan fingerprint density at radius 3 is 2.14 bits per heavy atom. The Labute approximate surface area is 128 Å². The van der Waals surface area contributed by atoms with Gasteiger partial charge in [-0.25, -0.2) is 0 Å². The zero-order valence-electron chi connectivity index (χ0n) is 12.2. The summed E-state index contributed by atoms with van der Waals surface area (Å²) < 4.78 is 5.33. The van der Waals surface area contributed by atoms with Gasteiger partial charge in [0.15, 0.2) is 0 Å². The van der Waals surface area contributed by atoms with E-state index in [-0.39, 0.29) is 11.3 Å². The average Bonchev–Trinajstić information content (AvgIpc) is 2.58. The molecule has 1 heterocycles. The topological polar surface area (TPSA) is 55.0 Å². The Kier molecular flexibility index (Phi) is 4.01. The van der Waals surface area contributed by atoms with E-state index in [1.54, 1.807) is 0 Å². The molecule has 0 radical (unpaired) electrons. The molecule has 4 nitrogen and oxygen atoms in total. The predicted molar refractivity (Wildman–Crippen MR) is 86.9 cm³/mol. The van der Waals surface area contributed by atoms with E-state index in [9.17, 15) is 4.79 Å². The summed E-state index contributed by atoms with van der Waals surface area (Å²) in [6.45, 7) is 2.23. The Hall–Kier alpha value is -2.88. The SMILES string of the molecule is CCOc1n[nH]c(-c2ccccc2)c(-c2ccccc2)c1=O. The van der Waals surface area contributed by atoms with Crippen molar-refractivity contribution >= 4 is 0 Å². The number of hydrogen-bond acceptors (Lipinski definition) is 3. The van der Waals surface area contributed by atoms with Crippen molar-refractivity contribution < 1.29 is 4.74 Å². The Morgan fingerprint density at radius 1 is 0.955 bits per heavy atom. The van der Waals surface area contributed by atoms with Crippen molar-refractivity contribution in [2.45, 2.75) is 6.92 Å². The van der Waals surface area contributed by atoms with Crippen LogP contribution in [0, 0.1) is 0 Å². The van der Waals surface area contributed by atoms with E-state index >= 15 is 0 Å². The van der Waals surface area contributed by atoms with Crippen LogP contribution in [-0.2, 0) is 0 Å². The Morgan fingerprint density at radius 2 is 1.55 bits per heavy atom. The van der Waals surface area contributed by atoms with Crippen LogP contribution < -0.4 is 10.2 Å². The minimum Gasteiger partial charge on any atom is -0.474 e. The molecule has 2 aromatic carbocycles. The molecule has 0 amide bonds. The fourth-order valence-electron chi connectivity index (χ4n) is 2.36. The highest BCUT2D eigenvalue weighted by molar-refractivity contribution is 5.80.